The smallest absolute Gasteiger partial charge is 0.255 e. The number of amides is 2. The highest BCUT2D eigenvalue weighted by Gasteiger charge is 2.19. The lowest BCUT2D eigenvalue weighted by Crippen LogP contribution is -2.23. The van der Waals surface area contributed by atoms with Crippen molar-refractivity contribution < 1.29 is 42.7 Å². The van der Waals surface area contributed by atoms with Gasteiger partial charge in [0.05, 0.1) is 50.8 Å². The lowest BCUT2D eigenvalue weighted by atomic mass is 10.1. The van der Waals surface area contributed by atoms with Crippen molar-refractivity contribution in [3.63, 3.8) is 0 Å². The van der Waals surface area contributed by atoms with Crippen molar-refractivity contribution in [1.82, 2.24) is 10.6 Å². The predicted octanol–water partition coefficient (Wildman–Crippen LogP) is 6.53. The molecule has 0 spiro atoms. The highest BCUT2D eigenvalue weighted by molar-refractivity contribution is 5.97. The first kappa shape index (κ1) is 38.8. The lowest BCUT2D eigenvalue weighted by Gasteiger charge is -2.19. The van der Waals surface area contributed by atoms with Crippen molar-refractivity contribution in [2.75, 3.05) is 52.9 Å². The van der Waals surface area contributed by atoms with Gasteiger partial charge in [-0.2, -0.15) is 0 Å². The van der Waals surface area contributed by atoms with Crippen molar-refractivity contribution in [2.24, 2.45) is 0 Å². The summed E-state index contributed by atoms with van der Waals surface area (Å²) in [6.07, 6.45) is 0. The second-order valence-electron chi connectivity index (χ2n) is 12.5. The Labute approximate surface area is 321 Å². The molecular formula is C44H46N2O9. The Morgan fingerprint density at radius 3 is 1.25 bits per heavy atom. The zero-order valence-corrected chi connectivity index (χ0v) is 30.7. The number of hydrogen-bond donors (Lipinski definition) is 2. The van der Waals surface area contributed by atoms with Crippen LogP contribution in [0.3, 0.4) is 0 Å². The number of nitrogens with one attached hydrogen (secondary N) is 2. The monoisotopic (exact) mass is 746 g/mol. The highest BCUT2D eigenvalue weighted by atomic mass is 16.6. The summed E-state index contributed by atoms with van der Waals surface area (Å²) in [6.45, 7) is 3.97. The number of fused-ring (bicyclic) bond motifs is 1. The Kier molecular flexibility index (Phi) is 14.9. The third kappa shape index (κ3) is 12.1. The third-order valence-corrected chi connectivity index (χ3v) is 8.60. The van der Waals surface area contributed by atoms with Gasteiger partial charge in [0.15, 0.2) is 11.5 Å². The molecule has 286 valence electrons. The van der Waals surface area contributed by atoms with Crippen molar-refractivity contribution in [3.8, 4) is 23.0 Å². The molecule has 1 aliphatic heterocycles. The topological polar surface area (TPSA) is 123 Å². The van der Waals surface area contributed by atoms with Gasteiger partial charge in [0.1, 0.15) is 37.9 Å². The molecule has 0 aliphatic carbocycles. The molecule has 0 saturated carbocycles. The molecule has 0 unspecified atom stereocenters. The van der Waals surface area contributed by atoms with E-state index in [2.05, 4.69) is 10.6 Å². The van der Waals surface area contributed by atoms with Gasteiger partial charge in [0.2, 0.25) is 0 Å². The van der Waals surface area contributed by atoms with E-state index in [-0.39, 0.29) is 38.2 Å². The van der Waals surface area contributed by atoms with E-state index in [4.69, 9.17) is 33.2 Å². The average molecular weight is 747 g/mol. The van der Waals surface area contributed by atoms with Crippen molar-refractivity contribution in [1.29, 1.82) is 0 Å². The van der Waals surface area contributed by atoms with E-state index in [9.17, 15) is 9.59 Å². The van der Waals surface area contributed by atoms with Crippen molar-refractivity contribution in [2.45, 2.75) is 26.3 Å². The molecule has 1 aliphatic rings. The van der Waals surface area contributed by atoms with E-state index in [1.54, 1.807) is 36.4 Å². The first-order valence-electron chi connectivity index (χ1n) is 18.4. The SMILES string of the molecule is O=C(NCc1ccccc1)c1ccccc1OCc1cc2c(cc1COc1ccccc1C(=O)NCc1ccccc1)OCCOCCOCCOCCO2. The molecule has 5 aromatic rings. The summed E-state index contributed by atoms with van der Waals surface area (Å²) in [6, 6.07) is 37.4. The van der Waals surface area contributed by atoms with Crippen LogP contribution in [-0.2, 0) is 40.5 Å². The molecule has 5 aromatic carbocycles. The van der Waals surface area contributed by atoms with E-state index < -0.39 is 0 Å². The molecule has 11 nitrogen and oxygen atoms in total. The molecule has 0 bridgehead atoms. The molecule has 2 N–H and O–H groups in total. The summed E-state index contributed by atoms with van der Waals surface area (Å²) in [5.41, 5.74) is 4.25. The Hall–Kier alpha value is -5.88. The van der Waals surface area contributed by atoms with Crippen LogP contribution < -0.4 is 29.6 Å². The van der Waals surface area contributed by atoms with E-state index in [1.807, 2.05) is 84.9 Å². The minimum absolute atomic E-state index is 0.0778. The molecule has 0 aromatic heterocycles. The molecule has 1 heterocycles. The number of benzene rings is 5. The molecule has 6 rings (SSSR count). The number of rotatable bonds is 12. The Morgan fingerprint density at radius 1 is 0.473 bits per heavy atom. The largest absolute Gasteiger partial charge is 0.488 e. The summed E-state index contributed by atoms with van der Waals surface area (Å²) in [7, 11) is 0. The fourth-order valence-electron chi connectivity index (χ4n) is 5.72. The fraction of sp³-hybridized carbons (Fsp3) is 0.273. The van der Waals surface area contributed by atoms with Crippen LogP contribution in [0.4, 0.5) is 0 Å². The third-order valence-electron chi connectivity index (χ3n) is 8.60. The second kappa shape index (κ2) is 21.1. The van der Waals surface area contributed by atoms with Crippen LogP contribution >= 0.6 is 0 Å². The standard InChI is InChI=1S/C44H46N2O9/c47-43(45-29-33-11-3-1-4-12-33)37-15-7-9-17-39(37)54-31-35-27-41-42(53-26-24-51-22-20-49-19-21-50-23-25-52-41)28-36(35)32-55-40-18-10-8-16-38(40)44(48)46-30-34-13-5-2-6-14-34/h1-18,27-28H,19-26,29-32H2,(H,45,47)(H,46,48). The highest BCUT2D eigenvalue weighted by Crippen LogP contribution is 2.33. The fourth-order valence-corrected chi connectivity index (χ4v) is 5.72. The van der Waals surface area contributed by atoms with Gasteiger partial charge in [-0.15, -0.1) is 0 Å². The summed E-state index contributed by atoms with van der Waals surface area (Å²) < 4.78 is 42.0. The second-order valence-corrected chi connectivity index (χ2v) is 12.5. The maximum Gasteiger partial charge on any atom is 0.255 e. The van der Waals surface area contributed by atoms with E-state index >= 15 is 0 Å². The number of ether oxygens (including phenoxy) is 7. The van der Waals surface area contributed by atoms with Gasteiger partial charge in [-0.25, -0.2) is 0 Å². The van der Waals surface area contributed by atoms with E-state index in [0.717, 1.165) is 22.3 Å². The maximum absolute atomic E-state index is 13.3. The number of hydrogen-bond acceptors (Lipinski definition) is 9. The molecular weight excluding hydrogens is 700 g/mol. The average Bonchev–Trinajstić information content (AvgIpc) is 3.24. The van der Waals surface area contributed by atoms with Gasteiger partial charge in [-0.1, -0.05) is 84.9 Å². The van der Waals surface area contributed by atoms with Crippen LogP contribution in [0.15, 0.2) is 121 Å². The van der Waals surface area contributed by atoms with E-state index in [1.165, 1.54) is 0 Å². The van der Waals surface area contributed by atoms with Gasteiger partial charge < -0.3 is 43.8 Å². The molecule has 55 heavy (non-hydrogen) atoms. The van der Waals surface area contributed by atoms with Crippen LogP contribution in [0.1, 0.15) is 43.0 Å². The van der Waals surface area contributed by atoms with Gasteiger partial charge in [-0.3, -0.25) is 9.59 Å². The number of carbonyl (C=O) groups is 2. The Morgan fingerprint density at radius 2 is 0.836 bits per heavy atom. The summed E-state index contributed by atoms with van der Waals surface area (Å²) in [5, 5.41) is 5.97. The van der Waals surface area contributed by atoms with Gasteiger partial charge in [0.25, 0.3) is 11.8 Å². The van der Waals surface area contributed by atoms with Gasteiger partial charge in [-0.05, 0) is 58.7 Å². The number of para-hydroxylation sites is 2. The van der Waals surface area contributed by atoms with Crippen LogP contribution in [0.2, 0.25) is 0 Å². The maximum atomic E-state index is 13.3. The zero-order chi connectivity index (χ0) is 37.9. The summed E-state index contributed by atoms with van der Waals surface area (Å²) in [5.74, 6) is 1.31. The normalized spacial score (nSPS) is 13.7. The lowest BCUT2D eigenvalue weighted by molar-refractivity contribution is 0.00708. The molecule has 2 amide bonds. The Bertz CT molecular complexity index is 1820. The zero-order valence-electron chi connectivity index (χ0n) is 30.7. The van der Waals surface area contributed by atoms with Crippen molar-refractivity contribution >= 4 is 11.8 Å². The number of carbonyl (C=O) groups excluding carboxylic acids is 2. The summed E-state index contributed by atoms with van der Waals surface area (Å²) in [4.78, 5) is 26.6. The van der Waals surface area contributed by atoms with Crippen LogP contribution in [0.25, 0.3) is 0 Å². The van der Waals surface area contributed by atoms with Gasteiger partial charge in [0, 0.05) is 13.1 Å². The quantitative estimate of drug-likeness (QED) is 0.147. The minimum Gasteiger partial charge on any atom is -0.488 e. The summed E-state index contributed by atoms with van der Waals surface area (Å²) >= 11 is 0. The Balaban J connectivity index is 1.23. The van der Waals surface area contributed by atoms with Crippen molar-refractivity contribution in [3.05, 3.63) is 155 Å². The molecule has 0 radical (unpaired) electrons. The molecule has 11 heteroatoms. The molecule has 0 saturated heterocycles. The van der Waals surface area contributed by atoms with Crippen LogP contribution in [0, 0.1) is 0 Å². The molecule has 0 atom stereocenters. The first-order chi connectivity index (χ1) is 27.1. The van der Waals surface area contributed by atoms with E-state index in [0.29, 0.717) is 86.9 Å². The van der Waals surface area contributed by atoms with Crippen LogP contribution in [0.5, 0.6) is 23.0 Å². The van der Waals surface area contributed by atoms with Crippen LogP contribution in [-0.4, -0.2) is 64.7 Å². The van der Waals surface area contributed by atoms with Gasteiger partial charge >= 0.3 is 0 Å². The predicted molar refractivity (Wildman–Crippen MR) is 207 cm³/mol. The molecule has 0 fully saturated rings. The first-order valence-corrected chi connectivity index (χ1v) is 18.4. The minimum atomic E-state index is -0.255.